The van der Waals surface area contributed by atoms with Crippen molar-refractivity contribution in [3.63, 3.8) is 0 Å². The summed E-state index contributed by atoms with van der Waals surface area (Å²) < 4.78 is 6.19. The average molecular weight is 381 g/mol. The van der Waals surface area contributed by atoms with E-state index in [2.05, 4.69) is 13.1 Å². The average Bonchev–Trinajstić information content (AvgIpc) is 2.54. The van der Waals surface area contributed by atoms with Gasteiger partial charge in [-0.2, -0.15) is 0 Å². The van der Waals surface area contributed by atoms with E-state index >= 15 is 0 Å². The van der Waals surface area contributed by atoms with Crippen LogP contribution in [-0.2, 0) is 4.12 Å². The zero-order valence-corrected chi connectivity index (χ0v) is 16.1. The third-order valence-electron chi connectivity index (χ3n) is 3.34. The molecule has 0 unspecified atom stereocenters. The van der Waals surface area contributed by atoms with E-state index in [0.717, 1.165) is 10.4 Å². The third-order valence-corrected chi connectivity index (χ3v) is 8.52. The number of hydrogen-bond donors (Lipinski definition) is 0. The lowest BCUT2D eigenvalue weighted by Gasteiger charge is -2.17. The van der Waals surface area contributed by atoms with Crippen molar-refractivity contribution in [2.75, 3.05) is 0 Å². The summed E-state index contributed by atoms with van der Waals surface area (Å²) in [6.45, 7) is 4.13. The van der Waals surface area contributed by atoms with Crippen molar-refractivity contribution < 1.29 is 13.7 Å². The molecule has 0 aromatic heterocycles. The van der Waals surface area contributed by atoms with Crippen molar-refractivity contribution in [1.29, 1.82) is 0 Å². The molecule has 0 saturated carbocycles. The lowest BCUT2D eigenvalue weighted by atomic mass is 10.2. The molecule has 118 valence electrons. The van der Waals surface area contributed by atoms with Crippen LogP contribution in [0.4, 0.5) is 0 Å². The molecule has 0 N–H and O–H groups in total. The highest BCUT2D eigenvalue weighted by molar-refractivity contribution is 6.79. The van der Waals surface area contributed by atoms with Gasteiger partial charge < -0.3 is 4.12 Å². The first kappa shape index (κ1) is 18.1. The van der Waals surface area contributed by atoms with Gasteiger partial charge in [0.05, 0.1) is 0 Å². The van der Waals surface area contributed by atoms with Crippen LogP contribution in [0.5, 0.6) is 0 Å². The molecule has 0 spiro atoms. The summed E-state index contributed by atoms with van der Waals surface area (Å²) in [6.07, 6.45) is 0. The van der Waals surface area contributed by atoms with Gasteiger partial charge in [-0.3, -0.25) is 9.59 Å². The summed E-state index contributed by atoms with van der Waals surface area (Å²) in [6, 6.07) is 14.4. The van der Waals surface area contributed by atoms with Crippen LogP contribution in [0.3, 0.4) is 0 Å². The molecule has 0 saturated heterocycles. The van der Waals surface area contributed by atoms with Gasteiger partial charge in [0.15, 0.2) is 0 Å². The molecule has 0 bridgehead atoms. The van der Waals surface area contributed by atoms with Crippen molar-refractivity contribution in [3.8, 4) is 0 Å². The van der Waals surface area contributed by atoms with Crippen molar-refractivity contribution in [1.82, 2.24) is 0 Å². The maximum Gasteiger partial charge on any atom is 0.252 e. The van der Waals surface area contributed by atoms with Crippen LogP contribution in [0.1, 0.15) is 20.7 Å². The molecule has 2 aromatic carbocycles. The van der Waals surface area contributed by atoms with Gasteiger partial charge in [0.25, 0.3) is 10.5 Å². The van der Waals surface area contributed by atoms with Crippen LogP contribution in [0.15, 0.2) is 48.5 Å². The molecule has 0 atom stereocenters. The smallest absolute Gasteiger partial charge is 0.252 e. The van der Waals surface area contributed by atoms with E-state index in [4.69, 9.17) is 27.3 Å². The molecule has 0 amide bonds. The first-order valence-corrected chi connectivity index (χ1v) is 11.4. The Morgan fingerprint density at radius 2 is 1.04 bits per heavy atom. The van der Waals surface area contributed by atoms with E-state index in [9.17, 15) is 9.59 Å². The van der Waals surface area contributed by atoms with Crippen molar-refractivity contribution in [3.05, 3.63) is 59.7 Å². The van der Waals surface area contributed by atoms with Crippen LogP contribution < -0.4 is 10.4 Å². The summed E-state index contributed by atoms with van der Waals surface area (Å²) in [5.74, 6) is 0. The van der Waals surface area contributed by atoms with E-state index in [0.29, 0.717) is 11.1 Å². The summed E-state index contributed by atoms with van der Waals surface area (Å²) in [5.41, 5.74) is 0.960. The Bertz CT molecular complexity index is 641. The summed E-state index contributed by atoms with van der Waals surface area (Å²) >= 11 is 10.9. The number of halogens is 2. The van der Waals surface area contributed by atoms with Crippen LogP contribution in [0.2, 0.25) is 13.1 Å². The molecule has 23 heavy (non-hydrogen) atoms. The van der Waals surface area contributed by atoms with Gasteiger partial charge in [0.1, 0.15) is 0 Å². The molecule has 2 radical (unpaired) electrons. The first-order valence-electron chi connectivity index (χ1n) is 6.84. The fourth-order valence-corrected chi connectivity index (χ4v) is 6.32. The Morgan fingerprint density at radius 3 is 1.30 bits per heavy atom. The van der Waals surface area contributed by atoms with Crippen molar-refractivity contribution in [2.45, 2.75) is 13.1 Å². The lowest BCUT2D eigenvalue weighted by molar-refractivity contribution is 0.107. The fourth-order valence-electron chi connectivity index (χ4n) is 2.02. The normalized spacial score (nSPS) is 11.0. The van der Waals surface area contributed by atoms with Gasteiger partial charge >= 0.3 is 0 Å². The predicted molar refractivity (Wildman–Crippen MR) is 96.8 cm³/mol. The Labute approximate surface area is 148 Å². The molecule has 0 aliphatic heterocycles. The van der Waals surface area contributed by atoms with E-state index in [1.807, 2.05) is 24.3 Å². The number of hydrogen-bond acceptors (Lipinski definition) is 3. The number of carbonyl (C=O) groups excluding carboxylic acids is 2. The molecule has 3 nitrogen and oxygen atoms in total. The summed E-state index contributed by atoms with van der Waals surface area (Å²) in [4.78, 5) is 22.2. The monoisotopic (exact) mass is 380 g/mol. The third kappa shape index (κ3) is 4.86. The SMILES string of the molecule is C[Si](O[Si](C)c1ccc(C(=O)Cl)cc1)c1ccc(C(=O)Cl)cc1. The zero-order valence-electron chi connectivity index (χ0n) is 12.6. The van der Waals surface area contributed by atoms with Gasteiger partial charge in [-0.05, 0) is 46.7 Å². The zero-order chi connectivity index (χ0) is 17.0. The molecular weight excluding hydrogens is 367 g/mol. The van der Waals surface area contributed by atoms with Gasteiger partial charge in [-0.15, -0.1) is 0 Å². The quantitative estimate of drug-likeness (QED) is 0.571. The molecule has 0 aliphatic carbocycles. The van der Waals surface area contributed by atoms with Crippen molar-refractivity contribution in [2.24, 2.45) is 0 Å². The summed E-state index contributed by atoms with van der Waals surface area (Å²) in [5, 5.41) is 1.23. The van der Waals surface area contributed by atoms with Crippen molar-refractivity contribution >= 4 is 62.1 Å². The Kier molecular flexibility index (Phi) is 6.32. The second-order valence-corrected chi connectivity index (χ2v) is 9.80. The molecule has 2 rings (SSSR count). The minimum atomic E-state index is -1.18. The topological polar surface area (TPSA) is 43.4 Å². The van der Waals surface area contributed by atoms with Crippen LogP contribution in [0.25, 0.3) is 0 Å². The van der Waals surface area contributed by atoms with E-state index in [-0.39, 0.29) is 0 Å². The minimum Gasteiger partial charge on any atom is -0.449 e. The van der Waals surface area contributed by atoms with E-state index < -0.39 is 28.6 Å². The molecule has 7 heteroatoms. The Hall–Kier alpha value is -1.25. The van der Waals surface area contributed by atoms with Gasteiger partial charge in [-0.1, -0.05) is 48.5 Å². The standard InChI is InChI=1S/C16H14Cl2O3Si2/c1-22(13-7-3-11(4-8-13)15(17)19)21-23(2)14-9-5-12(6-10-14)16(18)20/h3-10H,1-2H3. The van der Waals surface area contributed by atoms with Crippen LogP contribution in [0, 0.1) is 0 Å². The predicted octanol–water partition coefficient (Wildman–Crippen LogP) is 2.82. The molecule has 0 aliphatic rings. The molecule has 2 aromatic rings. The maximum atomic E-state index is 11.1. The summed E-state index contributed by atoms with van der Waals surface area (Å²) in [7, 11) is -2.37. The number of carbonyl (C=O) groups is 2. The highest BCUT2D eigenvalue weighted by Crippen LogP contribution is 2.05. The molecular formula is C16H14Cl2O3Si2. The second-order valence-electron chi connectivity index (χ2n) is 4.92. The van der Waals surface area contributed by atoms with E-state index in [1.54, 1.807) is 24.3 Å². The first-order chi connectivity index (χ1) is 10.9. The molecule has 0 heterocycles. The number of benzene rings is 2. The fraction of sp³-hybridized carbons (Fsp3) is 0.125. The Morgan fingerprint density at radius 1 is 0.739 bits per heavy atom. The largest absolute Gasteiger partial charge is 0.449 e. The van der Waals surface area contributed by atoms with Crippen LogP contribution in [-0.4, -0.2) is 28.6 Å². The van der Waals surface area contributed by atoms with Gasteiger partial charge in [-0.25, -0.2) is 0 Å². The van der Waals surface area contributed by atoms with E-state index in [1.165, 1.54) is 0 Å². The second kappa shape index (κ2) is 8.03. The maximum absolute atomic E-state index is 11.1. The molecule has 0 fully saturated rings. The highest BCUT2D eigenvalue weighted by Gasteiger charge is 2.18. The Balaban J connectivity index is 2.05. The van der Waals surface area contributed by atoms with Gasteiger partial charge in [0.2, 0.25) is 18.1 Å². The van der Waals surface area contributed by atoms with Crippen LogP contribution >= 0.6 is 23.2 Å². The number of rotatable bonds is 6. The minimum absolute atomic E-state index is 0.462. The lowest BCUT2D eigenvalue weighted by Crippen LogP contribution is -2.41. The highest BCUT2D eigenvalue weighted by atomic mass is 35.5. The van der Waals surface area contributed by atoms with Gasteiger partial charge in [0, 0.05) is 11.1 Å².